The molecule has 0 saturated carbocycles. The molecule has 2 heteroatoms. The first-order chi connectivity index (χ1) is 5.24. The van der Waals surface area contributed by atoms with Crippen molar-refractivity contribution in [2.24, 2.45) is 0 Å². The van der Waals surface area contributed by atoms with Crippen LogP contribution in [0.4, 0.5) is 0 Å². The zero-order chi connectivity index (χ0) is 9.94. The Labute approximate surface area is 79.2 Å². The Hall–Kier alpha value is 0.177. The summed E-state index contributed by atoms with van der Waals surface area (Å²) >= 11 is 0. The standard InChI is InChI=1S/C10H23OSi/c1-8(2)12(9(3)4)11-10(5,6)7/h8-9H,1-7H3. The molecule has 0 fully saturated rings. The van der Waals surface area contributed by atoms with E-state index in [4.69, 9.17) is 4.43 Å². The fraction of sp³-hybridized carbons (Fsp3) is 1.00. The lowest BCUT2D eigenvalue weighted by Crippen LogP contribution is -2.34. The number of hydrogen-bond acceptors (Lipinski definition) is 1. The van der Waals surface area contributed by atoms with Crippen LogP contribution in [0.5, 0.6) is 0 Å². The Morgan fingerprint density at radius 1 is 0.917 bits per heavy atom. The normalized spacial score (nSPS) is 13.5. The van der Waals surface area contributed by atoms with Crippen molar-refractivity contribution < 1.29 is 4.43 Å². The minimum Gasteiger partial charge on any atom is -0.411 e. The second-order valence-corrected chi connectivity index (χ2v) is 8.24. The smallest absolute Gasteiger partial charge is 0.217 e. The first-order valence-electron chi connectivity index (χ1n) is 4.79. The van der Waals surface area contributed by atoms with Gasteiger partial charge >= 0.3 is 0 Å². The topological polar surface area (TPSA) is 9.23 Å². The molecule has 0 unspecified atom stereocenters. The van der Waals surface area contributed by atoms with Crippen LogP contribution >= 0.6 is 0 Å². The zero-order valence-corrected chi connectivity index (χ0v) is 10.6. The lowest BCUT2D eigenvalue weighted by molar-refractivity contribution is 0.122. The average molecular weight is 187 g/mol. The zero-order valence-electron chi connectivity index (χ0n) is 9.56. The molecule has 0 rings (SSSR count). The summed E-state index contributed by atoms with van der Waals surface area (Å²) in [6.07, 6.45) is 0. The van der Waals surface area contributed by atoms with Crippen LogP contribution in [0.15, 0.2) is 0 Å². The van der Waals surface area contributed by atoms with Crippen molar-refractivity contribution in [3.63, 3.8) is 0 Å². The van der Waals surface area contributed by atoms with E-state index >= 15 is 0 Å². The van der Waals surface area contributed by atoms with Gasteiger partial charge in [0.05, 0.1) is 0 Å². The van der Waals surface area contributed by atoms with Gasteiger partial charge in [0.25, 0.3) is 0 Å². The monoisotopic (exact) mass is 187 g/mol. The highest BCUT2D eigenvalue weighted by molar-refractivity contribution is 6.55. The molecular weight excluding hydrogens is 164 g/mol. The molecule has 1 radical (unpaired) electrons. The maximum Gasteiger partial charge on any atom is 0.217 e. The average Bonchev–Trinajstić information content (AvgIpc) is 1.79. The summed E-state index contributed by atoms with van der Waals surface area (Å²) in [5, 5.41) is 0. The fourth-order valence-electron chi connectivity index (χ4n) is 1.26. The first kappa shape index (κ1) is 12.2. The molecule has 0 heterocycles. The van der Waals surface area contributed by atoms with Crippen molar-refractivity contribution in [3.8, 4) is 0 Å². The lowest BCUT2D eigenvalue weighted by Gasteiger charge is -2.30. The van der Waals surface area contributed by atoms with Gasteiger partial charge in [0.1, 0.15) is 0 Å². The van der Waals surface area contributed by atoms with Crippen LogP contribution in [0, 0.1) is 0 Å². The molecule has 0 aromatic carbocycles. The highest BCUT2D eigenvalue weighted by atomic mass is 28.3. The molecule has 0 spiro atoms. The Morgan fingerprint density at radius 3 is 1.33 bits per heavy atom. The first-order valence-corrected chi connectivity index (χ1v) is 6.36. The molecule has 0 saturated heterocycles. The summed E-state index contributed by atoms with van der Waals surface area (Å²) in [5.41, 5.74) is 1.44. The van der Waals surface area contributed by atoms with Crippen LogP contribution in [-0.2, 0) is 4.43 Å². The minimum absolute atomic E-state index is 0.0306. The highest BCUT2D eigenvalue weighted by Crippen LogP contribution is 2.25. The molecule has 0 aliphatic carbocycles. The molecule has 1 nitrogen and oxygen atoms in total. The molecule has 0 aromatic rings. The second kappa shape index (κ2) is 4.42. The van der Waals surface area contributed by atoms with Gasteiger partial charge < -0.3 is 4.43 Å². The van der Waals surface area contributed by atoms with Crippen LogP contribution < -0.4 is 0 Å². The van der Waals surface area contributed by atoms with Crippen molar-refractivity contribution >= 4 is 9.04 Å². The Balaban J connectivity index is 4.15. The summed E-state index contributed by atoms with van der Waals surface area (Å²) in [4.78, 5) is 0. The van der Waals surface area contributed by atoms with Crippen LogP contribution in [0.3, 0.4) is 0 Å². The molecule has 0 aliphatic heterocycles. The third-order valence-corrected chi connectivity index (χ3v) is 4.69. The summed E-state index contributed by atoms with van der Waals surface area (Å²) in [6, 6.07) is 0. The molecule has 0 aliphatic rings. The summed E-state index contributed by atoms with van der Waals surface area (Å²) in [7, 11) is -0.636. The van der Waals surface area contributed by atoms with E-state index in [1.807, 2.05) is 0 Å². The SMILES string of the molecule is CC(C)[Si](OC(C)(C)C)C(C)C. The predicted octanol–water partition coefficient (Wildman–Crippen LogP) is 3.61. The van der Waals surface area contributed by atoms with Crippen molar-refractivity contribution in [2.75, 3.05) is 0 Å². The second-order valence-electron chi connectivity index (χ2n) is 4.93. The molecule has 73 valence electrons. The van der Waals surface area contributed by atoms with E-state index in [2.05, 4.69) is 48.5 Å². The van der Waals surface area contributed by atoms with Crippen molar-refractivity contribution in [3.05, 3.63) is 0 Å². The van der Waals surface area contributed by atoms with Crippen molar-refractivity contribution in [2.45, 2.75) is 65.1 Å². The van der Waals surface area contributed by atoms with Gasteiger partial charge in [-0.3, -0.25) is 0 Å². The molecular formula is C10H23OSi. The molecule has 0 N–H and O–H groups in total. The van der Waals surface area contributed by atoms with E-state index in [9.17, 15) is 0 Å². The van der Waals surface area contributed by atoms with Crippen molar-refractivity contribution in [1.82, 2.24) is 0 Å². The molecule has 0 aromatic heterocycles. The van der Waals surface area contributed by atoms with Gasteiger partial charge in [0.2, 0.25) is 9.04 Å². The number of hydrogen-bond donors (Lipinski definition) is 0. The molecule has 0 bridgehead atoms. The third-order valence-electron chi connectivity index (χ3n) is 1.56. The number of rotatable bonds is 3. The van der Waals surface area contributed by atoms with Gasteiger partial charge in [-0.2, -0.15) is 0 Å². The van der Waals surface area contributed by atoms with E-state index in [-0.39, 0.29) is 5.60 Å². The predicted molar refractivity (Wildman–Crippen MR) is 56.8 cm³/mol. The summed E-state index contributed by atoms with van der Waals surface area (Å²) in [6.45, 7) is 15.5. The van der Waals surface area contributed by atoms with Gasteiger partial charge in [-0.05, 0) is 31.9 Å². The van der Waals surface area contributed by atoms with Crippen LogP contribution in [-0.4, -0.2) is 14.6 Å². The van der Waals surface area contributed by atoms with Crippen LogP contribution in [0.2, 0.25) is 11.1 Å². The third kappa shape index (κ3) is 4.94. The van der Waals surface area contributed by atoms with Gasteiger partial charge in [-0.25, -0.2) is 0 Å². The van der Waals surface area contributed by atoms with Gasteiger partial charge in [-0.15, -0.1) is 0 Å². The maximum atomic E-state index is 6.06. The minimum atomic E-state index is -0.636. The molecule has 0 atom stereocenters. The van der Waals surface area contributed by atoms with Gasteiger partial charge in [0.15, 0.2) is 0 Å². The Bertz CT molecular complexity index is 116. The van der Waals surface area contributed by atoms with Gasteiger partial charge in [-0.1, -0.05) is 27.7 Å². The maximum absolute atomic E-state index is 6.06. The summed E-state index contributed by atoms with van der Waals surface area (Å²) < 4.78 is 6.06. The van der Waals surface area contributed by atoms with Crippen LogP contribution in [0.1, 0.15) is 48.5 Å². The van der Waals surface area contributed by atoms with E-state index in [1.54, 1.807) is 0 Å². The Morgan fingerprint density at radius 2 is 1.25 bits per heavy atom. The quantitative estimate of drug-likeness (QED) is 0.613. The van der Waals surface area contributed by atoms with E-state index in [0.717, 1.165) is 0 Å². The highest BCUT2D eigenvalue weighted by Gasteiger charge is 2.27. The summed E-state index contributed by atoms with van der Waals surface area (Å²) in [5.74, 6) is 0. The lowest BCUT2D eigenvalue weighted by atomic mass is 10.2. The molecule has 0 amide bonds. The van der Waals surface area contributed by atoms with Crippen LogP contribution in [0.25, 0.3) is 0 Å². The largest absolute Gasteiger partial charge is 0.411 e. The van der Waals surface area contributed by atoms with Crippen molar-refractivity contribution in [1.29, 1.82) is 0 Å². The van der Waals surface area contributed by atoms with Gasteiger partial charge in [0, 0.05) is 5.60 Å². The Kier molecular flexibility index (Phi) is 4.49. The fourth-order valence-corrected chi connectivity index (χ4v) is 3.77. The van der Waals surface area contributed by atoms with E-state index < -0.39 is 9.04 Å². The van der Waals surface area contributed by atoms with E-state index in [1.165, 1.54) is 0 Å². The van der Waals surface area contributed by atoms with E-state index in [0.29, 0.717) is 11.1 Å². The molecule has 12 heavy (non-hydrogen) atoms.